The van der Waals surface area contributed by atoms with Gasteiger partial charge in [0.05, 0.1) is 0 Å². The lowest BCUT2D eigenvalue weighted by atomic mass is 10.0. The average molecular weight is 158 g/mol. The number of fused-ring (bicyclic) bond motifs is 3. The lowest BCUT2D eigenvalue weighted by Crippen LogP contribution is -2.07. The summed E-state index contributed by atoms with van der Waals surface area (Å²) < 4.78 is 1.69. The van der Waals surface area contributed by atoms with E-state index in [-0.39, 0.29) is 0 Å². The topological polar surface area (TPSA) is 43.6 Å². The number of hydrogen-bond acceptors (Lipinski definition) is 3. The van der Waals surface area contributed by atoms with Crippen LogP contribution in [-0.2, 0) is 0 Å². The second kappa shape index (κ2) is 1.91. The van der Waals surface area contributed by atoms with Gasteiger partial charge in [-0.25, -0.2) is 4.68 Å². The van der Waals surface area contributed by atoms with Crippen molar-refractivity contribution in [3.8, 4) is 0 Å². The summed E-state index contributed by atoms with van der Waals surface area (Å²) in [4.78, 5) is 0. The summed E-state index contributed by atoms with van der Waals surface area (Å²) in [5, 5.41) is 11.4. The first kappa shape index (κ1) is 5.88. The minimum Gasteiger partial charge on any atom is -0.201 e. The summed E-state index contributed by atoms with van der Waals surface area (Å²) in [5.41, 5.74) is 1.18. The summed E-state index contributed by atoms with van der Waals surface area (Å²) in [7, 11) is 0. The molecule has 0 amide bonds. The van der Waals surface area contributed by atoms with Crippen molar-refractivity contribution < 1.29 is 0 Å². The van der Waals surface area contributed by atoms with Gasteiger partial charge in [-0.15, -0.1) is 5.10 Å². The molecule has 0 bridgehead atoms. The van der Waals surface area contributed by atoms with E-state index in [4.69, 9.17) is 0 Å². The summed E-state index contributed by atoms with van der Waals surface area (Å²) in [6, 6.07) is 0. The Morgan fingerprint density at radius 1 is 1.33 bits per heavy atom. The summed E-state index contributed by atoms with van der Waals surface area (Å²) in [5.74, 6) is 1.23. The fraction of sp³-hybridized carbons (Fsp3) is 0.125. The van der Waals surface area contributed by atoms with E-state index in [9.17, 15) is 0 Å². The van der Waals surface area contributed by atoms with Crippen LogP contribution in [0.5, 0.6) is 0 Å². The molecule has 1 aromatic rings. The zero-order chi connectivity index (χ0) is 7.97. The zero-order valence-electron chi connectivity index (χ0n) is 6.25. The monoisotopic (exact) mass is 158 g/mol. The van der Waals surface area contributed by atoms with Crippen molar-refractivity contribution >= 4 is 11.8 Å². The van der Waals surface area contributed by atoms with Crippen molar-refractivity contribution in [2.45, 2.75) is 0 Å². The van der Waals surface area contributed by atoms with E-state index in [1.807, 2.05) is 12.3 Å². The molecule has 2 heterocycles. The molecule has 4 nitrogen and oxygen atoms in total. The molecule has 1 aromatic heterocycles. The van der Waals surface area contributed by atoms with Gasteiger partial charge in [0, 0.05) is 17.7 Å². The van der Waals surface area contributed by atoms with Crippen LogP contribution in [0.4, 0.5) is 0 Å². The number of allylic oxidation sites excluding steroid dienone is 5. The first-order valence-electron chi connectivity index (χ1n) is 3.80. The van der Waals surface area contributed by atoms with Crippen molar-refractivity contribution in [3.05, 3.63) is 30.1 Å². The van der Waals surface area contributed by atoms with Gasteiger partial charge in [-0.3, -0.25) is 0 Å². The molecule has 1 aliphatic carbocycles. The molecule has 0 radical (unpaired) electrons. The van der Waals surface area contributed by atoms with Gasteiger partial charge in [0.1, 0.15) is 0 Å². The van der Waals surface area contributed by atoms with Crippen molar-refractivity contribution in [1.82, 2.24) is 20.2 Å². The summed E-state index contributed by atoms with van der Waals surface area (Å²) in [6.45, 7) is 0. The Morgan fingerprint density at radius 3 is 3.33 bits per heavy atom. The van der Waals surface area contributed by atoms with E-state index >= 15 is 0 Å². The Morgan fingerprint density at radius 2 is 2.33 bits per heavy atom. The van der Waals surface area contributed by atoms with Crippen molar-refractivity contribution in [1.29, 1.82) is 0 Å². The molecular weight excluding hydrogens is 152 g/mol. The second-order valence-electron chi connectivity index (χ2n) is 2.82. The van der Waals surface area contributed by atoms with Crippen LogP contribution in [0.2, 0.25) is 0 Å². The molecule has 2 aliphatic rings. The fourth-order valence-electron chi connectivity index (χ4n) is 1.54. The average Bonchev–Trinajstić information content (AvgIpc) is 2.71. The maximum Gasteiger partial charge on any atom is 0.183 e. The molecule has 0 fully saturated rings. The van der Waals surface area contributed by atoms with Gasteiger partial charge in [0.15, 0.2) is 5.82 Å². The van der Waals surface area contributed by atoms with E-state index in [1.54, 1.807) is 4.68 Å². The molecular formula is C8H6N4. The molecule has 1 unspecified atom stereocenters. The Balaban J connectivity index is 2.26. The maximum absolute atomic E-state index is 3.94. The Kier molecular flexibility index (Phi) is 0.935. The molecule has 0 N–H and O–H groups in total. The van der Waals surface area contributed by atoms with E-state index in [2.05, 4.69) is 33.8 Å². The predicted octanol–water partition coefficient (Wildman–Crippen LogP) is 0.727. The van der Waals surface area contributed by atoms with Crippen LogP contribution in [0, 0.1) is 5.92 Å². The van der Waals surface area contributed by atoms with Gasteiger partial charge in [0.2, 0.25) is 0 Å². The number of rotatable bonds is 0. The number of nitrogens with zero attached hydrogens (tertiary/aromatic N) is 4. The van der Waals surface area contributed by atoms with Gasteiger partial charge in [-0.1, -0.05) is 24.3 Å². The third kappa shape index (κ3) is 0.592. The smallest absolute Gasteiger partial charge is 0.183 e. The number of tetrazole rings is 1. The molecule has 4 heteroatoms. The fourth-order valence-corrected chi connectivity index (χ4v) is 1.54. The van der Waals surface area contributed by atoms with Crippen LogP contribution >= 0.6 is 0 Å². The van der Waals surface area contributed by atoms with E-state index in [0.29, 0.717) is 5.92 Å². The quantitative estimate of drug-likeness (QED) is 0.559. The molecule has 1 atom stereocenters. The molecule has 12 heavy (non-hydrogen) atoms. The summed E-state index contributed by atoms with van der Waals surface area (Å²) >= 11 is 0. The highest BCUT2D eigenvalue weighted by Gasteiger charge is 2.22. The third-order valence-electron chi connectivity index (χ3n) is 2.14. The molecule has 3 rings (SSSR count). The molecule has 0 saturated carbocycles. The standard InChI is InChI=1S/C8H6N4/c1-2-6-4-5-12-8(7(6)3-1)9-10-11-12/h1-6H. The second-order valence-corrected chi connectivity index (χ2v) is 2.82. The van der Waals surface area contributed by atoms with Crippen LogP contribution in [0.15, 0.2) is 24.3 Å². The highest BCUT2D eigenvalue weighted by molar-refractivity contribution is 5.74. The minimum atomic E-state index is 0.378. The predicted molar refractivity (Wildman–Crippen MR) is 43.8 cm³/mol. The van der Waals surface area contributed by atoms with Crippen LogP contribution in [-0.4, -0.2) is 20.2 Å². The first-order valence-corrected chi connectivity index (χ1v) is 3.80. The third-order valence-corrected chi connectivity index (χ3v) is 2.14. The summed E-state index contributed by atoms with van der Waals surface area (Å²) in [6.07, 6.45) is 10.2. The van der Waals surface area contributed by atoms with Gasteiger partial charge >= 0.3 is 0 Å². The van der Waals surface area contributed by atoms with E-state index in [0.717, 1.165) is 5.82 Å². The first-order chi connectivity index (χ1) is 5.95. The van der Waals surface area contributed by atoms with Crippen LogP contribution in [0.1, 0.15) is 5.82 Å². The molecule has 0 saturated heterocycles. The molecule has 58 valence electrons. The van der Waals surface area contributed by atoms with E-state index < -0.39 is 0 Å². The number of aromatic nitrogens is 4. The minimum absolute atomic E-state index is 0.378. The Bertz CT molecular complexity index is 410. The molecule has 0 aromatic carbocycles. The largest absolute Gasteiger partial charge is 0.201 e. The molecule has 1 aliphatic heterocycles. The van der Waals surface area contributed by atoms with Crippen LogP contribution in [0.3, 0.4) is 0 Å². The van der Waals surface area contributed by atoms with Crippen molar-refractivity contribution in [2.75, 3.05) is 0 Å². The van der Waals surface area contributed by atoms with Gasteiger partial charge in [-0.05, 0) is 10.4 Å². The number of hydrogen-bond donors (Lipinski definition) is 0. The Hall–Kier alpha value is -1.71. The SMILES string of the molecule is C1=CC2C=Cn3nnnc3C2=C1. The van der Waals surface area contributed by atoms with Gasteiger partial charge < -0.3 is 0 Å². The highest BCUT2D eigenvalue weighted by Crippen LogP contribution is 2.31. The van der Waals surface area contributed by atoms with E-state index in [1.165, 1.54) is 5.57 Å². The van der Waals surface area contributed by atoms with Gasteiger partial charge in [0.25, 0.3) is 0 Å². The van der Waals surface area contributed by atoms with Crippen LogP contribution < -0.4 is 0 Å². The molecule has 0 spiro atoms. The normalized spacial score (nSPS) is 23.7. The Labute approximate surface area is 68.9 Å². The lowest BCUT2D eigenvalue weighted by molar-refractivity contribution is 0.805. The maximum atomic E-state index is 3.94. The zero-order valence-corrected chi connectivity index (χ0v) is 6.25. The van der Waals surface area contributed by atoms with Crippen molar-refractivity contribution in [3.63, 3.8) is 0 Å². The van der Waals surface area contributed by atoms with Gasteiger partial charge in [-0.2, -0.15) is 0 Å². The van der Waals surface area contributed by atoms with Crippen LogP contribution in [0.25, 0.3) is 11.8 Å². The van der Waals surface area contributed by atoms with Crippen molar-refractivity contribution in [2.24, 2.45) is 5.92 Å². The highest BCUT2D eigenvalue weighted by atomic mass is 15.5. The lowest BCUT2D eigenvalue weighted by Gasteiger charge is -2.12.